The van der Waals surface area contributed by atoms with E-state index in [-0.39, 0.29) is 6.04 Å². The van der Waals surface area contributed by atoms with E-state index in [0.717, 1.165) is 11.3 Å². The number of fused-ring (bicyclic) bond motifs is 1. The molecule has 3 rings (SSSR count). The van der Waals surface area contributed by atoms with E-state index >= 15 is 0 Å². The Kier molecular flexibility index (Phi) is 2.49. The molecule has 3 heterocycles. The van der Waals surface area contributed by atoms with Crippen LogP contribution in [0.2, 0.25) is 0 Å². The first-order chi connectivity index (χ1) is 8.34. The fourth-order valence-electron chi connectivity index (χ4n) is 1.69. The van der Waals surface area contributed by atoms with E-state index in [1.807, 2.05) is 6.07 Å². The second kappa shape index (κ2) is 4.14. The molecule has 17 heavy (non-hydrogen) atoms. The maximum absolute atomic E-state index is 4.24. The van der Waals surface area contributed by atoms with Gasteiger partial charge in [0.15, 0.2) is 11.5 Å². The topological polar surface area (TPSA) is 66.5 Å². The summed E-state index contributed by atoms with van der Waals surface area (Å²) in [5.74, 6) is 0.786. The molecule has 6 heteroatoms. The van der Waals surface area contributed by atoms with Crippen molar-refractivity contribution in [2.75, 3.05) is 5.32 Å². The molecule has 0 aliphatic carbocycles. The van der Waals surface area contributed by atoms with Crippen LogP contribution in [0.4, 0.5) is 5.82 Å². The quantitative estimate of drug-likeness (QED) is 0.744. The number of nitrogens with zero attached hydrogens (tertiary/aromatic N) is 3. The molecule has 0 saturated carbocycles. The van der Waals surface area contributed by atoms with Gasteiger partial charge in [-0.1, -0.05) is 6.07 Å². The summed E-state index contributed by atoms with van der Waals surface area (Å²) < 4.78 is 0. The van der Waals surface area contributed by atoms with Crippen LogP contribution >= 0.6 is 11.3 Å². The molecule has 0 spiro atoms. The Labute approximate surface area is 102 Å². The largest absolute Gasteiger partial charge is 0.361 e. The molecule has 0 bridgehead atoms. The van der Waals surface area contributed by atoms with Crippen molar-refractivity contribution in [3.63, 3.8) is 0 Å². The van der Waals surface area contributed by atoms with Crippen LogP contribution in [-0.2, 0) is 0 Å². The van der Waals surface area contributed by atoms with Crippen LogP contribution in [-0.4, -0.2) is 19.9 Å². The first-order valence-electron chi connectivity index (χ1n) is 5.28. The maximum atomic E-state index is 4.24. The van der Waals surface area contributed by atoms with Gasteiger partial charge in [-0.05, 0) is 18.4 Å². The molecular formula is C11H11N5S. The highest BCUT2D eigenvalue weighted by Gasteiger charge is 2.10. The average Bonchev–Trinajstić information content (AvgIpc) is 3.00. The molecule has 86 valence electrons. The third-order valence-corrected chi connectivity index (χ3v) is 3.60. The van der Waals surface area contributed by atoms with Crippen molar-refractivity contribution in [2.45, 2.75) is 13.0 Å². The SMILES string of the molecule is C[C@H](Nc1ncnc2nc[nH]c12)c1cccs1. The molecule has 0 aliphatic heterocycles. The van der Waals surface area contributed by atoms with Crippen molar-refractivity contribution >= 4 is 28.3 Å². The molecule has 0 aliphatic rings. The number of hydrogen-bond donors (Lipinski definition) is 2. The Morgan fingerprint density at radius 1 is 1.35 bits per heavy atom. The van der Waals surface area contributed by atoms with Gasteiger partial charge in [0.2, 0.25) is 0 Å². The Bertz CT molecular complexity index is 616. The van der Waals surface area contributed by atoms with Crippen molar-refractivity contribution in [3.8, 4) is 0 Å². The second-order valence-electron chi connectivity index (χ2n) is 3.70. The van der Waals surface area contributed by atoms with Gasteiger partial charge in [-0.3, -0.25) is 0 Å². The Morgan fingerprint density at radius 2 is 2.29 bits per heavy atom. The second-order valence-corrected chi connectivity index (χ2v) is 4.68. The number of H-pyrrole nitrogens is 1. The molecule has 0 saturated heterocycles. The van der Waals surface area contributed by atoms with Crippen LogP contribution in [0.3, 0.4) is 0 Å². The summed E-state index contributed by atoms with van der Waals surface area (Å²) in [6.07, 6.45) is 3.15. The summed E-state index contributed by atoms with van der Waals surface area (Å²) in [6.45, 7) is 2.11. The molecule has 3 aromatic heterocycles. The smallest absolute Gasteiger partial charge is 0.182 e. The zero-order valence-electron chi connectivity index (χ0n) is 9.21. The van der Waals surface area contributed by atoms with Gasteiger partial charge in [0.25, 0.3) is 0 Å². The van der Waals surface area contributed by atoms with E-state index in [2.05, 4.69) is 43.6 Å². The number of aromatic nitrogens is 4. The Morgan fingerprint density at radius 3 is 3.12 bits per heavy atom. The highest BCUT2D eigenvalue weighted by Crippen LogP contribution is 2.24. The number of nitrogens with one attached hydrogen (secondary N) is 2. The molecule has 3 aromatic rings. The zero-order chi connectivity index (χ0) is 11.7. The zero-order valence-corrected chi connectivity index (χ0v) is 10.0. The lowest BCUT2D eigenvalue weighted by Gasteiger charge is -2.12. The molecule has 0 unspecified atom stereocenters. The average molecular weight is 245 g/mol. The number of aromatic amines is 1. The summed E-state index contributed by atoms with van der Waals surface area (Å²) >= 11 is 1.73. The lowest BCUT2D eigenvalue weighted by molar-refractivity contribution is 0.896. The van der Waals surface area contributed by atoms with Gasteiger partial charge in [-0.15, -0.1) is 11.3 Å². The van der Waals surface area contributed by atoms with Crippen LogP contribution < -0.4 is 5.32 Å². The summed E-state index contributed by atoms with van der Waals surface area (Å²) in [4.78, 5) is 16.7. The molecule has 1 atom stereocenters. The van der Waals surface area contributed by atoms with Crippen LogP contribution in [0, 0.1) is 0 Å². The van der Waals surface area contributed by atoms with Gasteiger partial charge in [-0.25, -0.2) is 15.0 Å². The van der Waals surface area contributed by atoms with Crippen molar-refractivity contribution in [2.24, 2.45) is 0 Å². The van der Waals surface area contributed by atoms with E-state index in [0.29, 0.717) is 5.65 Å². The molecular weight excluding hydrogens is 234 g/mol. The summed E-state index contributed by atoms with van der Waals surface area (Å²) in [7, 11) is 0. The first kappa shape index (κ1) is 10.2. The maximum Gasteiger partial charge on any atom is 0.182 e. The van der Waals surface area contributed by atoms with Crippen LogP contribution in [0.1, 0.15) is 17.8 Å². The standard InChI is InChI=1S/C11H11N5S/c1-7(8-3-2-4-17-8)16-11-9-10(13-5-12-9)14-6-15-11/h2-7H,1H3,(H2,12,13,14,15,16)/t7-/m0/s1. The monoisotopic (exact) mass is 245 g/mol. The number of rotatable bonds is 3. The third-order valence-electron chi connectivity index (χ3n) is 2.55. The fourth-order valence-corrected chi connectivity index (χ4v) is 2.42. The fraction of sp³-hybridized carbons (Fsp3) is 0.182. The minimum atomic E-state index is 0.219. The van der Waals surface area contributed by atoms with Crippen molar-refractivity contribution < 1.29 is 0 Å². The molecule has 2 N–H and O–H groups in total. The molecule has 0 amide bonds. The molecule has 0 fully saturated rings. The van der Waals surface area contributed by atoms with E-state index in [4.69, 9.17) is 0 Å². The van der Waals surface area contributed by atoms with Gasteiger partial charge in [0, 0.05) is 4.88 Å². The van der Waals surface area contributed by atoms with Crippen LogP contribution in [0.25, 0.3) is 11.2 Å². The van der Waals surface area contributed by atoms with Crippen LogP contribution in [0.15, 0.2) is 30.2 Å². The van der Waals surface area contributed by atoms with Crippen LogP contribution in [0.5, 0.6) is 0 Å². The van der Waals surface area contributed by atoms with Gasteiger partial charge in [-0.2, -0.15) is 0 Å². The third kappa shape index (κ3) is 1.87. The van der Waals surface area contributed by atoms with Gasteiger partial charge < -0.3 is 10.3 Å². The lowest BCUT2D eigenvalue weighted by atomic mass is 10.3. The highest BCUT2D eigenvalue weighted by molar-refractivity contribution is 7.10. The lowest BCUT2D eigenvalue weighted by Crippen LogP contribution is -2.07. The number of anilines is 1. The van der Waals surface area contributed by atoms with E-state index in [1.54, 1.807) is 17.7 Å². The summed E-state index contributed by atoms with van der Waals surface area (Å²) in [5, 5.41) is 5.43. The van der Waals surface area contributed by atoms with Crippen molar-refractivity contribution in [1.82, 2.24) is 19.9 Å². The predicted molar refractivity (Wildman–Crippen MR) is 68.0 cm³/mol. The van der Waals surface area contributed by atoms with E-state index in [1.165, 1.54) is 11.2 Å². The number of imidazole rings is 1. The molecule has 5 nitrogen and oxygen atoms in total. The van der Waals surface area contributed by atoms with Gasteiger partial charge >= 0.3 is 0 Å². The minimum Gasteiger partial charge on any atom is -0.361 e. The van der Waals surface area contributed by atoms with E-state index < -0.39 is 0 Å². The number of thiophene rings is 1. The molecule has 0 aromatic carbocycles. The first-order valence-corrected chi connectivity index (χ1v) is 6.16. The van der Waals surface area contributed by atoms with Crippen molar-refractivity contribution in [1.29, 1.82) is 0 Å². The highest BCUT2D eigenvalue weighted by atomic mass is 32.1. The number of hydrogen-bond acceptors (Lipinski definition) is 5. The Hall–Kier alpha value is -1.95. The van der Waals surface area contributed by atoms with Gasteiger partial charge in [0.1, 0.15) is 11.8 Å². The van der Waals surface area contributed by atoms with Gasteiger partial charge in [0.05, 0.1) is 12.4 Å². The normalized spacial score (nSPS) is 12.8. The predicted octanol–water partition coefficient (Wildman–Crippen LogP) is 2.59. The Balaban J connectivity index is 1.92. The molecule has 0 radical (unpaired) electrons. The summed E-state index contributed by atoms with van der Waals surface area (Å²) in [5.41, 5.74) is 1.52. The van der Waals surface area contributed by atoms with E-state index in [9.17, 15) is 0 Å². The summed E-state index contributed by atoms with van der Waals surface area (Å²) in [6, 6.07) is 4.37. The van der Waals surface area contributed by atoms with Crippen molar-refractivity contribution in [3.05, 3.63) is 35.0 Å². The minimum absolute atomic E-state index is 0.219.